The number of hydrogen-bond acceptors (Lipinski definition) is 3. The standard InChI is InChI=1S/C16H13N3S/c1-2-6-12(7-3-1)14-15(13-8-4-5-9-17-13)19-10-11-20-16(19)18-14/h1-9H,10-11H2. The van der Waals surface area contributed by atoms with E-state index in [0.717, 1.165) is 40.1 Å². The van der Waals surface area contributed by atoms with Crippen LogP contribution in [0.4, 0.5) is 0 Å². The lowest BCUT2D eigenvalue weighted by Crippen LogP contribution is -1.98. The van der Waals surface area contributed by atoms with Gasteiger partial charge in [-0.2, -0.15) is 0 Å². The predicted molar refractivity (Wildman–Crippen MR) is 81.6 cm³/mol. The fraction of sp³-hybridized carbons (Fsp3) is 0.125. The quantitative estimate of drug-likeness (QED) is 0.716. The second-order valence-electron chi connectivity index (χ2n) is 4.67. The largest absolute Gasteiger partial charge is 0.316 e. The van der Waals surface area contributed by atoms with Gasteiger partial charge in [-0.1, -0.05) is 48.2 Å². The SMILES string of the molecule is c1ccc(-c2nc3n(c2-c2ccccn2)CCS3)cc1. The molecule has 2 aromatic heterocycles. The average Bonchev–Trinajstić information content (AvgIpc) is 3.09. The average molecular weight is 279 g/mol. The van der Waals surface area contributed by atoms with Gasteiger partial charge in [0.15, 0.2) is 5.16 Å². The van der Waals surface area contributed by atoms with E-state index in [4.69, 9.17) is 4.98 Å². The summed E-state index contributed by atoms with van der Waals surface area (Å²) in [6, 6.07) is 16.4. The molecule has 1 aromatic carbocycles. The number of nitrogens with zero attached hydrogens (tertiary/aromatic N) is 3. The highest BCUT2D eigenvalue weighted by Crippen LogP contribution is 2.37. The van der Waals surface area contributed by atoms with Gasteiger partial charge < -0.3 is 4.57 Å². The van der Waals surface area contributed by atoms with E-state index < -0.39 is 0 Å². The Bertz CT molecular complexity index is 735. The third-order valence-electron chi connectivity index (χ3n) is 3.43. The maximum Gasteiger partial charge on any atom is 0.169 e. The molecular formula is C16H13N3S. The van der Waals surface area contributed by atoms with Crippen molar-refractivity contribution in [2.75, 3.05) is 5.75 Å². The van der Waals surface area contributed by atoms with Gasteiger partial charge in [-0.3, -0.25) is 4.98 Å². The summed E-state index contributed by atoms with van der Waals surface area (Å²) in [6.07, 6.45) is 1.84. The molecule has 4 rings (SSSR count). The van der Waals surface area contributed by atoms with Gasteiger partial charge in [0.1, 0.15) is 0 Å². The van der Waals surface area contributed by atoms with E-state index in [-0.39, 0.29) is 0 Å². The molecule has 1 aliphatic heterocycles. The molecule has 0 N–H and O–H groups in total. The number of fused-ring (bicyclic) bond motifs is 1. The van der Waals surface area contributed by atoms with Crippen LogP contribution in [-0.2, 0) is 6.54 Å². The summed E-state index contributed by atoms with van der Waals surface area (Å²) >= 11 is 1.82. The third kappa shape index (κ3) is 1.84. The van der Waals surface area contributed by atoms with Gasteiger partial charge in [-0.05, 0) is 12.1 Å². The second kappa shape index (κ2) is 4.80. The van der Waals surface area contributed by atoms with Crippen molar-refractivity contribution in [2.45, 2.75) is 11.7 Å². The summed E-state index contributed by atoms with van der Waals surface area (Å²) in [4.78, 5) is 9.34. The number of rotatable bonds is 2. The molecule has 0 atom stereocenters. The molecule has 0 bridgehead atoms. The lowest BCUT2D eigenvalue weighted by atomic mass is 10.1. The zero-order chi connectivity index (χ0) is 13.4. The smallest absolute Gasteiger partial charge is 0.169 e. The molecule has 3 aromatic rings. The highest BCUT2D eigenvalue weighted by Gasteiger charge is 2.24. The van der Waals surface area contributed by atoms with Crippen LogP contribution in [0, 0.1) is 0 Å². The lowest BCUT2D eigenvalue weighted by Gasteiger charge is -2.07. The Labute approximate surface area is 121 Å². The van der Waals surface area contributed by atoms with Crippen molar-refractivity contribution in [1.29, 1.82) is 0 Å². The maximum atomic E-state index is 4.82. The summed E-state index contributed by atoms with van der Waals surface area (Å²) in [5.41, 5.74) is 4.31. The van der Waals surface area contributed by atoms with Crippen LogP contribution in [0.25, 0.3) is 22.6 Å². The summed E-state index contributed by atoms with van der Waals surface area (Å²) in [5, 5.41) is 1.10. The number of aromatic nitrogens is 3. The molecular weight excluding hydrogens is 266 g/mol. The van der Waals surface area contributed by atoms with Gasteiger partial charge >= 0.3 is 0 Å². The number of benzene rings is 1. The van der Waals surface area contributed by atoms with Gasteiger partial charge in [0.2, 0.25) is 0 Å². The molecule has 0 amide bonds. The molecule has 0 aliphatic carbocycles. The molecule has 0 saturated carbocycles. The summed E-state index contributed by atoms with van der Waals surface area (Å²) in [6.45, 7) is 1.01. The molecule has 3 nitrogen and oxygen atoms in total. The van der Waals surface area contributed by atoms with E-state index in [1.807, 2.05) is 36.2 Å². The number of pyridine rings is 1. The Balaban J connectivity index is 1.97. The van der Waals surface area contributed by atoms with E-state index in [0.29, 0.717) is 0 Å². The minimum Gasteiger partial charge on any atom is -0.316 e. The number of thioether (sulfide) groups is 1. The molecule has 0 saturated heterocycles. The third-order valence-corrected chi connectivity index (χ3v) is 4.39. The van der Waals surface area contributed by atoms with Crippen LogP contribution in [0.1, 0.15) is 0 Å². The van der Waals surface area contributed by atoms with Crippen molar-refractivity contribution in [3.63, 3.8) is 0 Å². The maximum absolute atomic E-state index is 4.82. The van der Waals surface area contributed by atoms with E-state index in [9.17, 15) is 0 Å². The molecule has 1 aliphatic rings. The fourth-order valence-electron chi connectivity index (χ4n) is 2.54. The summed E-state index contributed by atoms with van der Waals surface area (Å²) < 4.78 is 2.29. The van der Waals surface area contributed by atoms with E-state index in [1.165, 1.54) is 0 Å². The second-order valence-corrected chi connectivity index (χ2v) is 5.73. The van der Waals surface area contributed by atoms with Gasteiger partial charge in [-0.15, -0.1) is 0 Å². The molecule has 0 fully saturated rings. The van der Waals surface area contributed by atoms with Gasteiger partial charge in [0, 0.05) is 24.1 Å². The monoisotopic (exact) mass is 279 g/mol. The minimum absolute atomic E-state index is 0.993. The highest BCUT2D eigenvalue weighted by atomic mass is 32.2. The first-order valence-corrected chi connectivity index (χ1v) is 7.62. The van der Waals surface area contributed by atoms with E-state index >= 15 is 0 Å². The summed E-state index contributed by atoms with van der Waals surface area (Å²) in [5.74, 6) is 1.09. The van der Waals surface area contributed by atoms with Crippen molar-refractivity contribution >= 4 is 11.8 Å². The Morgan fingerprint density at radius 1 is 1.00 bits per heavy atom. The van der Waals surface area contributed by atoms with Crippen LogP contribution in [0.3, 0.4) is 0 Å². The first-order valence-electron chi connectivity index (χ1n) is 6.63. The Morgan fingerprint density at radius 2 is 1.85 bits per heavy atom. The summed E-state index contributed by atoms with van der Waals surface area (Å²) in [7, 11) is 0. The van der Waals surface area contributed by atoms with Crippen LogP contribution in [-0.4, -0.2) is 20.3 Å². The molecule has 0 spiro atoms. The topological polar surface area (TPSA) is 30.7 Å². The zero-order valence-electron chi connectivity index (χ0n) is 10.9. The van der Waals surface area contributed by atoms with Gasteiger partial charge in [-0.25, -0.2) is 4.98 Å². The van der Waals surface area contributed by atoms with E-state index in [1.54, 1.807) is 0 Å². The first-order chi connectivity index (χ1) is 9.93. The minimum atomic E-state index is 0.993. The van der Waals surface area contributed by atoms with Crippen molar-refractivity contribution in [1.82, 2.24) is 14.5 Å². The highest BCUT2D eigenvalue weighted by molar-refractivity contribution is 7.99. The van der Waals surface area contributed by atoms with Crippen molar-refractivity contribution in [2.24, 2.45) is 0 Å². The molecule has 4 heteroatoms. The van der Waals surface area contributed by atoms with Crippen molar-refractivity contribution < 1.29 is 0 Å². The first kappa shape index (κ1) is 11.7. The normalized spacial score (nSPS) is 13.4. The Kier molecular flexibility index (Phi) is 2.81. The zero-order valence-corrected chi connectivity index (χ0v) is 11.7. The van der Waals surface area contributed by atoms with Gasteiger partial charge in [0.25, 0.3) is 0 Å². The van der Waals surface area contributed by atoms with Crippen molar-refractivity contribution in [3.05, 3.63) is 54.7 Å². The number of hydrogen-bond donors (Lipinski definition) is 0. The Hall–Kier alpha value is -2.07. The molecule has 3 heterocycles. The van der Waals surface area contributed by atoms with Crippen LogP contribution in [0.15, 0.2) is 59.9 Å². The Morgan fingerprint density at radius 3 is 2.65 bits per heavy atom. The van der Waals surface area contributed by atoms with Crippen molar-refractivity contribution in [3.8, 4) is 22.6 Å². The van der Waals surface area contributed by atoms with Gasteiger partial charge in [0.05, 0.1) is 17.1 Å². The molecule has 20 heavy (non-hydrogen) atoms. The van der Waals surface area contributed by atoms with E-state index in [2.05, 4.69) is 39.9 Å². The van der Waals surface area contributed by atoms with Crippen LogP contribution >= 0.6 is 11.8 Å². The lowest BCUT2D eigenvalue weighted by molar-refractivity contribution is 0.725. The predicted octanol–water partition coefficient (Wildman–Crippen LogP) is 3.72. The van der Waals surface area contributed by atoms with Crippen LogP contribution in [0.2, 0.25) is 0 Å². The molecule has 0 unspecified atom stereocenters. The van der Waals surface area contributed by atoms with Crippen LogP contribution in [0.5, 0.6) is 0 Å². The van der Waals surface area contributed by atoms with Crippen LogP contribution < -0.4 is 0 Å². The molecule has 98 valence electrons. The number of imidazole rings is 1. The molecule has 0 radical (unpaired) electrons. The fourth-order valence-corrected chi connectivity index (χ4v) is 3.49.